The van der Waals surface area contributed by atoms with Gasteiger partial charge in [-0.3, -0.25) is 9.69 Å². The largest absolute Gasteiger partial charge is 0.387 e. The van der Waals surface area contributed by atoms with E-state index in [4.69, 9.17) is 0 Å². The van der Waals surface area contributed by atoms with Gasteiger partial charge in [0.15, 0.2) is 0 Å². The average molecular weight is 391 g/mol. The van der Waals surface area contributed by atoms with Crippen LogP contribution in [-0.2, 0) is 4.79 Å². The Labute approximate surface area is 169 Å². The maximum atomic E-state index is 13.2. The lowest BCUT2D eigenvalue weighted by Gasteiger charge is -2.31. The summed E-state index contributed by atoms with van der Waals surface area (Å²) in [5.41, 5.74) is 2.63. The van der Waals surface area contributed by atoms with Gasteiger partial charge in [-0.2, -0.15) is 0 Å². The number of fused-ring (bicyclic) bond motifs is 2. The molecule has 0 saturated carbocycles. The molecule has 0 fully saturated rings. The summed E-state index contributed by atoms with van der Waals surface area (Å²) >= 11 is 1.68. The summed E-state index contributed by atoms with van der Waals surface area (Å²) < 4.78 is 0. The van der Waals surface area contributed by atoms with Crippen molar-refractivity contribution in [3.05, 3.63) is 84.4 Å². The number of carbonyl (C=O) groups excluding carboxylic acids is 1. The quantitative estimate of drug-likeness (QED) is 0.672. The molecule has 4 rings (SSSR count). The summed E-state index contributed by atoms with van der Waals surface area (Å²) in [6.07, 6.45) is -0.675. The normalized spacial score (nSPS) is 14.7. The molecule has 28 heavy (non-hydrogen) atoms. The third-order valence-electron chi connectivity index (χ3n) is 4.87. The van der Waals surface area contributed by atoms with Crippen LogP contribution in [-0.4, -0.2) is 23.6 Å². The molecule has 1 heterocycles. The number of carbonyl (C=O) groups is 1. The van der Waals surface area contributed by atoms with Crippen LogP contribution in [0.2, 0.25) is 0 Å². The molecule has 1 aliphatic heterocycles. The zero-order valence-electron chi connectivity index (χ0n) is 15.6. The Morgan fingerprint density at radius 1 is 0.929 bits per heavy atom. The molecule has 4 nitrogen and oxygen atoms in total. The van der Waals surface area contributed by atoms with Crippen LogP contribution in [0, 0.1) is 0 Å². The minimum atomic E-state index is -0.675. The first-order chi connectivity index (χ1) is 13.6. The second-order valence-electron chi connectivity index (χ2n) is 6.79. The number of rotatable bonds is 5. The van der Waals surface area contributed by atoms with Crippen LogP contribution in [0.25, 0.3) is 0 Å². The van der Waals surface area contributed by atoms with E-state index in [1.165, 1.54) is 0 Å². The lowest BCUT2D eigenvalue weighted by atomic mass is 10.0. The number of para-hydroxylation sites is 2. The van der Waals surface area contributed by atoms with Gasteiger partial charge in [0.05, 0.1) is 24.0 Å². The van der Waals surface area contributed by atoms with Crippen molar-refractivity contribution < 1.29 is 9.90 Å². The van der Waals surface area contributed by atoms with Gasteiger partial charge in [0.2, 0.25) is 5.91 Å². The fourth-order valence-corrected chi connectivity index (χ4v) is 4.41. The van der Waals surface area contributed by atoms with E-state index < -0.39 is 6.10 Å². The molecule has 1 aliphatic rings. The first-order valence-electron chi connectivity index (χ1n) is 9.30. The van der Waals surface area contributed by atoms with E-state index in [2.05, 4.69) is 5.32 Å². The number of aliphatic hydroxyl groups is 1. The van der Waals surface area contributed by atoms with E-state index in [-0.39, 0.29) is 18.5 Å². The molecule has 0 aliphatic carbocycles. The fourth-order valence-electron chi connectivity index (χ4n) is 3.35. The van der Waals surface area contributed by atoms with Crippen LogP contribution < -0.4 is 10.2 Å². The number of hydrogen-bond acceptors (Lipinski definition) is 4. The Balaban J connectivity index is 1.52. The monoisotopic (exact) mass is 390 g/mol. The van der Waals surface area contributed by atoms with Crippen LogP contribution in [0.1, 0.15) is 18.6 Å². The molecule has 2 atom stereocenters. The van der Waals surface area contributed by atoms with Crippen LogP contribution in [0.4, 0.5) is 11.4 Å². The molecule has 3 aromatic rings. The third kappa shape index (κ3) is 3.69. The Hall–Kier alpha value is -2.60. The number of anilines is 2. The van der Waals surface area contributed by atoms with Crippen molar-refractivity contribution in [2.75, 3.05) is 11.4 Å². The fraction of sp³-hybridized carbons (Fsp3) is 0.174. The summed E-state index contributed by atoms with van der Waals surface area (Å²) in [6, 6.07) is 25.1. The highest BCUT2D eigenvalue weighted by molar-refractivity contribution is 7.99. The molecule has 0 bridgehead atoms. The molecule has 0 spiro atoms. The van der Waals surface area contributed by atoms with Gasteiger partial charge in [-0.15, -0.1) is 0 Å². The molecule has 0 aromatic heterocycles. The molecule has 2 N–H and O–H groups in total. The molecular weight excluding hydrogens is 368 g/mol. The molecule has 1 amide bonds. The predicted octanol–water partition coefficient (Wildman–Crippen LogP) is 4.53. The SMILES string of the molecule is CC(NCC(=O)N1c2ccccc2Sc2ccccc21)C(O)c1ccccc1. The molecule has 3 aromatic carbocycles. The van der Waals surface area contributed by atoms with E-state index in [1.54, 1.807) is 16.7 Å². The van der Waals surface area contributed by atoms with E-state index in [9.17, 15) is 9.90 Å². The second-order valence-corrected chi connectivity index (χ2v) is 7.88. The standard InChI is InChI=1S/C23H22N2O2S/c1-16(23(27)17-9-3-2-4-10-17)24-15-22(26)25-18-11-5-7-13-20(18)28-21-14-8-6-12-19(21)25/h2-14,16,23-24,27H,15H2,1H3. The Morgan fingerprint density at radius 2 is 1.46 bits per heavy atom. The average Bonchev–Trinajstić information content (AvgIpc) is 2.75. The summed E-state index contributed by atoms with van der Waals surface area (Å²) in [6.45, 7) is 2.03. The number of hydrogen-bond donors (Lipinski definition) is 2. The number of amides is 1. The second kappa shape index (κ2) is 8.19. The Bertz CT molecular complexity index is 932. The van der Waals surface area contributed by atoms with Crippen molar-refractivity contribution in [3.63, 3.8) is 0 Å². The number of aliphatic hydroxyl groups excluding tert-OH is 1. The van der Waals surface area contributed by atoms with Gasteiger partial charge < -0.3 is 10.4 Å². The highest BCUT2D eigenvalue weighted by atomic mass is 32.2. The summed E-state index contributed by atoms with van der Waals surface area (Å²) in [4.78, 5) is 17.1. The van der Waals surface area contributed by atoms with Crippen molar-refractivity contribution in [1.29, 1.82) is 0 Å². The van der Waals surface area contributed by atoms with E-state index in [1.807, 2.05) is 85.8 Å². The number of nitrogens with one attached hydrogen (secondary N) is 1. The van der Waals surface area contributed by atoms with Crippen molar-refractivity contribution in [1.82, 2.24) is 5.32 Å². The minimum Gasteiger partial charge on any atom is -0.387 e. The van der Waals surface area contributed by atoms with Gasteiger partial charge in [0, 0.05) is 15.8 Å². The van der Waals surface area contributed by atoms with Crippen LogP contribution >= 0.6 is 11.8 Å². The zero-order valence-corrected chi connectivity index (χ0v) is 16.4. The zero-order chi connectivity index (χ0) is 19.5. The van der Waals surface area contributed by atoms with Crippen LogP contribution in [0.15, 0.2) is 88.7 Å². The smallest absolute Gasteiger partial charge is 0.245 e. The van der Waals surface area contributed by atoms with Gasteiger partial charge >= 0.3 is 0 Å². The number of nitrogens with zero attached hydrogens (tertiary/aromatic N) is 1. The maximum Gasteiger partial charge on any atom is 0.245 e. The topological polar surface area (TPSA) is 52.6 Å². The summed E-state index contributed by atoms with van der Waals surface area (Å²) in [7, 11) is 0. The van der Waals surface area contributed by atoms with E-state index in [0.29, 0.717) is 0 Å². The molecular formula is C23H22N2O2S. The minimum absolute atomic E-state index is 0.0488. The molecule has 0 radical (unpaired) electrons. The first kappa shape index (κ1) is 18.7. The van der Waals surface area contributed by atoms with Crippen molar-refractivity contribution in [2.45, 2.75) is 28.9 Å². The molecule has 2 unspecified atom stereocenters. The Kier molecular flexibility index (Phi) is 5.48. The molecule has 5 heteroatoms. The van der Waals surface area contributed by atoms with Crippen molar-refractivity contribution >= 4 is 29.0 Å². The first-order valence-corrected chi connectivity index (χ1v) is 10.1. The van der Waals surface area contributed by atoms with Crippen molar-refractivity contribution in [2.24, 2.45) is 0 Å². The number of benzene rings is 3. The van der Waals surface area contributed by atoms with Gasteiger partial charge in [0.25, 0.3) is 0 Å². The highest BCUT2D eigenvalue weighted by Crippen LogP contribution is 2.47. The molecule has 0 saturated heterocycles. The van der Waals surface area contributed by atoms with Gasteiger partial charge in [-0.1, -0.05) is 66.4 Å². The van der Waals surface area contributed by atoms with Crippen LogP contribution in [0.5, 0.6) is 0 Å². The van der Waals surface area contributed by atoms with Gasteiger partial charge in [-0.05, 0) is 36.8 Å². The summed E-state index contributed by atoms with van der Waals surface area (Å²) in [5.74, 6) is -0.0488. The van der Waals surface area contributed by atoms with Crippen LogP contribution in [0.3, 0.4) is 0 Å². The van der Waals surface area contributed by atoms with Gasteiger partial charge in [0.1, 0.15) is 0 Å². The predicted molar refractivity (Wildman–Crippen MR) is 113 cm³/mol. The van der Waals surface area contributed by atoms with E-state index in [0.717, 1.165) is 26.7 Å². The highest BCUT2D eigenvalue weighted by Gasteiger charge is 2.28. The maximum absolute atomic E-state index is 13.2. The van der Waals surface area contributed by atoms with E-state index >= 15 is 0 Å². The lowest BCUT2D eigenvalue weighted by molar-refractivity contribution is -0.117. The van der Waals surface area contributed by atoms with Gasteiger partial charge in [-0.25, -0.2) is 0 Å². The molecule has 142 valence electrons. The summed E-state index contributed by atoms with van der Waals surface area (Å²) in [5, 5.41) is 13.7. The van der Waals surface area contributed by atoms with Crippen molar-refractivity contribution in [3.8, 4) is 0 Å². The Morgan fingerprint density at radius 3 is 2.07 bits per heavy atom. The lowest BCUT2D eigenvalue weighted by Crippen LogP contribution is -2.41. The third-order valence-corrected chi connectivity index (χ3v) is 6.00.